The second kappa shape index (κ2) is 6.44. The van der Waals surface area contributed by atoms with Gasteiger partial charge in [0.2, 0.25) is 0 Å². The minimum Gasteiger partial charge on any atom is -0.353 e. The lowest BCUT2D eigenvalue weighted by Crippen LogP contribution is -2.35. The largest absolute Gasteiger partial charge is 0.353 e. The molecular formula is C16H20N4OS. The molecule has 3 heterocycles. The standard InChI is InChI=1S/C16H20N4OS/c1-12-11-17-13(2)15(18-12)19-6-4-7-20(9-8-19)16(21)14-5-3-10-22-14/h3,5,10-11H,4,6-9H2,1-2H3. The van der Waals surface area contributed by atoms with E-state index < -0.39 is 0 Å². The molecule has 22 heavy (non-hydrogen) atoms. The number of carbonyl (C=O) groups excluding carboxylic acids is 1. The van der Waals surface area contributed by atoms with Gasteiger partial charge in [-0.05, 0) is 31.7 Å². The Morgan fingerprint density at radius 3 is 2.86 bits per heavy atom. The highest BCUT2D eigenvalue weighted by atomic mass is 32.1. The summed E-state index contributed by atoms with van der Waals surface area (Å²) in [5, 5.41) is 1.95. The van der Waals surface area contributed by atoms with Crippen LogP contribution in [0.1, 0.15) is 27.5 Å². The zero-order valence-electron chi connectivity index (χ0n) is 13.0. The Hall–Kier alpha value is -1.95. The van der Waals surface area contributed by atoms with Gasteiger partial charge < -0.3 is 9.80 Å². The Morgan fingerprint density at radius 2 is 2.09 bits per heavy atom. The number of amides is 1. The average molecular weight is 316 g/mol. The monoisotopic (exact) mass is 316 g/mol. The van der Waals surface area contributed by atoms with E-state index >= 15 is 0 Å². The Kier molecular flexibility index (Phi) is 4.38. The maximum atomic E-state index is 12.5. The third-order valence-electron chi connectivity index (χ3n) is 3.87. The van der Waals surface area contributed by atoms with E-state index in [0.717, 1.165) is 54.7 Å². The molecule has 0 aromatic carbocycles. The predicted molar refractivity (Wildman–Crippen MR) is 88.6 cm³/mol. The quantitative estimate of drug-likeness (QED) is 0.854. The van der Waals surface area contributed by atoms with Gasteiger partial charge in [0, 0.05) is 32.4 Å². The number of hydrogen-bond donors (Lipinski definition) is 0. The number of rotatable bonds is 2. The zero-order valence-corrected chi connectivity index (χ0v) is 13.8. The third kappa shape index (κ3) is 3.11. The van der Waals surface area contributed by atoms with Crippen molar-refractivity contribution in [1.29, 1.82) is 0 Å². The smallest absolute Gasteiger partial charge is 0.263 e. The maximum Gasteiger partial charge on any atom is 0.263 e. The molecular weight excluding hydrogens is 296 g/mol. The van der Waals surface area contributed by atoms with E-state index in [1.54, 1.807) is 6.20 Å². The van der Waals surface area contributed by atoms with E-state index in [0.29, 0.717) is 0 Å². The number of carbonyl (C=O) groups is 1. The molecule has 2 aromatic heterocycles. The van der Waals surface area contributed by atoms with Gasteiger partial charge >= 0.3 is 0 Å². The molecule has 0 saturated carbocycles. The van der Waals surface area contributed by atoms with E-state index in [1.165, 1.54) is 11.3 Å². The summed E-state index contributed by atoms with van der Waals surface area (Å²) < 4.78 is 0. The molecule has 3 rings (SSSR count). The van der Waals surface area contributed by atoms with Crippen LogP contribution in [0.15, 0.2) is 23.7 Å². The predicted octanol–water partition coefficient (Wildman–Crippen LogP) is 2.51. The summed E-state index contributed by atoms with van der Waals surface area (Å²) in [6.45, 7) is 7.18. The fourth-order valence-corrected chi connectivity index (χ4v) is 3.40. The summed E-state index contributed by atoms with van der Waals surface area (Å²) in [4.78, 5) is 26.5. The van der Waals surface area contributed by atoms with Gasteiger partial charge in [-0.15, -0.1) is 11.3 Å². The van der Waals surface area contributed by atoms with Gasteiger partial charge in [0.05, 0.1) is 16.3 Å². The first-order valence-electron chi connectivity index (χ1n) is 7.53. The number of anilines is 1. The first kappa shape index (κ1) is 15.0. The Bertz CT molecular complexity index is 656. The van der Waals surface area contributed by atoms with E-state index in [2.05, 4.69) is 14.9 Å². The highest BCUT2D eigenvalue weighted by Gasteiger charge is 2.22. The van der Waals surface area contributed by atoms with Gasteiger partial charge in [0.1, 0.15) is 5.82 Å². The van der Waals surface area contributed by atoms with Gasteiger partial charge in [-0.2, -0.15) is 0 Å². The van der Waals surface area contributed by atoms with Crippen LogP contribution in [0.3, 0.4) is 0 Å². The van der Waals surface area contributed by atoms with Crippen molar-refractivity contribution in [2.45, 2.75) is 20.3 Å². The molecule has 5 nitrogen and oxygen atoms in total. The van der Waals surface area contributed by atoms with Crippen molar-refractivity contribution in [2.24, 2.45) is 0 Å². The topological polar surface area (TPSA) is 49.3 Å². The number of thiophene rings is 1. The Morgan fingerprint density at radius 1 is 1.23 bits per heavy atom. The summed E-state index contributed by atoms with van der Waals surface area (Å²) in [5.41, 5.74) is 1.87. The molecule has 0 bridgehead atoms. The van der Waals surface area contributed by atoms with Crippen LogP contribution >= 0.6 is 11.3 Å². The molecule has 116 valence electrons. The Labute approximate surface area is 134 Å². The second-order valence-corrected chi connectivity index (χ2v) is 6.48. The molecule has 1 aliphatic heterocycles. The van der Waals surface area contributed by atoms with Crippen LogP contribution < -0.4 is 4.90 Å². The van der Waals surface area contributed by atoms with Gasteiger partial charge in [0.15, 0.2) is 0 Å². The van der Waals surface area contributed by atoms with Crippen molar-refractivity contribution >= 4 is 23.1 Å². The Balaban J connectivity index is 1.72. The summed E-state index contributed by atoms with van der Waals surface area (Å²) in [7, 11) is 0. The number of aromatic nitrogens is 2. The summed E-state index contributed by atoms with van der Waals surface area (Å²) in [6, 6.07) is 3.82. The normalized spacial score (nSPS) is 15.7. The van der Waals surface area contributed by atoms with Crippen LogP contribution in [0.2, 0.25) is 0 Å². The number of nitrogens with zero attached hydrogens (tertiary/aromatic N) is 4. The van der Waals surface area contributed by atoms with Crippen molar-refractivity contribution in [3.8, 4) is 0 Å². The molecule has 0 radical (unpaired) electrons. The van der Waals surface area contributed by atoms with Crippen LogP contribution in [0, 0.1) is 13.8 Å². The second-order valence-electron chi connectivity index (χ2n) is 5.53. The van der Waals surface area contributed by atoms with Gasteiger partial charge in [-0.3, -0.25) is 9.78 Å². The minimum absolute atomic E-state index is 0.142. The molecule has 0 aliphatic carbocycles. The highest BCUT2D eigenvalue weighted by Crippen LogP contribution is 2.19. The van der Waals surface area contributed by atoms with E-state index in [9.17, 15) is 4.79 Å². The fraction of sp³-hybridized carbons (Fsp3) is 0.438. The lowest BCUT2D eigenvalue weighted by molar-refractivity contribution is 0.0772. The van der Waals surface area contributed by atoms with Crippen molar-refractivity contribution < 1.29 is 4.79 Å². The maximum absolute atomic E-state index is 12.5. The molecule has 0 unspecified atom stereocenters. The van der Waals surface area contributed by atoms with E-state index in [-0.39, 0.29) is 5.91 Å². The molecule has 1 aliphatic rings. The lowest BCUT2D eigenvalue weighted by atomic mass is 10.3. The van der Waals surface area contributed by atoms with Gasteiger partial charge in [-0.25, -0.2) is 4.98 Å². The third-order valence-corrected chi connectivity index (χ3v) is 4.72. The highest BCUT2D eigenvalue weighted by molar-refractivity contribution is 7.12. The number of hydrogen-bond acceptors (Lipinski definition) is 5. The van der Waals surface area contributed by atoms with Crippen molar-refractivity contribution in [2.75, 3.05) is 31.1 Å². The molecule has 0 N–H and O–H groups in total. The molecule has 2 aromatic rings. The molecule has 0 atom stereocenters. The van der Waals surface area contributed by atoms with Crippen LogP contribution in [0.5, 0.6) is 0 Å². The summed E-state index contributed by atoms with van der Waals surface area (Å²) in [5.74, 6) is 1.09. The summed E-state index contributed by atoms with van der Waals surface area (Å²) in [6.07, 6.45) is 2.75. The zero-order chi connectivity index (χ0) is 15.5. The van der Waals surface area contributed by atoms with Crippen molar-refractivity contribution in [1.82, 2.24) is 14.9 Å². The molecule has 1 saturated heterocycles. The lowest BCUT2D eigenvalue weighted by Gasteiger charge is -2.23. The van der Waals surface area contributed by atoms with Gasteiger partial charge in [-0.1, -0.05) is 6.07 Å². The van der Waals surface area contributed by atoms with Gasteiger partial charge in [0.25, 0.3) is 5.91 Å². The molecule has 1 fully saturated rings. The average Bonchev–Trinajstić information content (AvgIpc) is 2.94. The fourth-order valence-electron chi connectivity index (χ4n) is 2.71. The number of aryl methyl sites for hydroxylation is 2. The van der Waals surface area contributed by atoms with Crippen LogP contribution in [-0.2, 0) is 0 Å². The van der Waals surface area contributed by atoms with Crippen molar-refractivity contribution in [3.63, 3.8) is 0 Å². The van der Waals surface area contributed by atoms with Crippen LogP contribution in [0.25, 0.3) is 0 Å². The first-order chi connectivity index (χ1) is 10.6. The van der Waals surface area contributed by atoms with Crippen LogP contribution in [-0.4, -0.2) is 47.0 Å². The van der Waals surface area contributed by atoms with E-state index in [1.807, 2.05) is 36.3 Å². The first-order valence-corrected chi connectivity index (χ1v) is 8.41. The minimum atomic E-state index is 0.142. The van der Waals surface area contributed by atoms with Crippen molar-refractivity contribution in [3.05, 3.63) is 40.0 Å². The molecule has 6 heteroatoms. The van der Waals surface area contributed by atoms with E-state index in [4.69, 9.17) is 0 Å². The SMILES string of the molecule is Cc1cnc(C)c(N2CCCN(C(=O)c3cccs3)CC2)n1. The molecule has 0 spiro atoms. The molecule has 1 amide bonds. The van der Waals surface area contributed by atoms with Crippen LogP contribution in [0.4, 0.5) is 5.82 Å². The summed E-state index contributed by atoms with van der Waals surface area (Å²) >= 11 is 1.51.